The number of aryl methyl sites for hydroxylation is 1. The Kier molecular flexibility index (Phi) is 7.32. The van der Waals surface area contributed by atoms with Gasteiger partial charge in [0.1, 0.15) is 5.75 Å². The maximum atomic E-state index is 12.5. The number of carbonyl (C=O) groups excluding carboxylic acids is 1. The number of fused-ring (bicyclic) bond motifs is 1. The Balaban J connectivity index is 1.42. The van der Waals surface area contributed by atoms with E-state index in [2.05, 4.69) is 27.1 Å². The van der Waals surface area contributed by atoms with Gasteiger partial charge in [-0.3, -0.25) is 9.36 Å². The highest BCUT2D eigenvalue weighted by Gasteiger charge is 2.20. The van der Waals surface area contributed by atoms with Gasteiger partial charge in [0, 0.05) is 11.6 Å². The number of halogens is 1. The van der Waals surface area contributed by atoms with Crippen LogP contribution in [0.1, 0.15) is 24.4 Å². The molecule has 1 amide bonds. The average Bonchev–Trinajstić information content (AvgIpc) is 3.38. The number of carbonyl (C=O) groups is 1. The van der Waals surface area contributed by atoms with Crippen LogP contribution in [0.25, 0.3) is 10.2 Å². The van der Waals surface area contributed by atoms with Gasteiger partial charge in [-0.05, 0) is 49.7 Å². The van der Waals surface area contributed by atoms with E-state index in [1.54, 1.807) is 12.1 Å². The summed E-state index contributed by atoms with van der Waals surface area (Å²) in [6.07, 6.45) is 1.40. The molecular weight excluding hydrogens is 478 g/mol. The minimum Gasteiger partial charge on any atom is -0.483 e. The Morgan fingerprint density at radius 1 is 1.33 bits per heavy atom. The third-order valence-corrected chi connectivity index (χ3v) is 7.08. The Morgan fingerprint density at radius 2 is 2.15 bits per heavy atom. The molecule has 4 aromatic rings. The topological polar surface area (TPSA) is 81.9 Å². The van der Waals surface area contributed by atoms with Crippen LogP contribution in [0.3, 0.4) is 0 Å². The standard InChI is InChI=1S/C23H22ClN5O2S2/c1-4-11-29-21(15(3)31-16-9-10-17(24)14(2)12-16)27-28-23(29)32-13-20(30)26-22-25-18-7-5-6-8-19(18)33-22/h4-10,12,15H,1,11,13H2,2-3H3,(H,25,26,30). The SMILES string of the molecule is C=CCn1c(SCC(=O)Nc2nc3ccccc3s2)nnc1C(C)Oc1ccc(Cl)c(C)c1. The lowest BCUT2D eigenvalue weighted by molar-refractivity contribution is -0.113. The average molecular weight is 500 g/mol. The summed E-state index contributed by atoms with van der Waals surface area (Å²) in [6.45, 7) is 8.15. The molecular formula is C23H22ClN5O2S2. The van der Waals surface area contributed by atoms with E-state index in [4.69, 9.17) is 16.3 Å². The summed E-state index contributed by atoms with van der Waals surface area (Å²) in [5.74, 6) is 1.37. The van der Waals surface area contributed by atoms with Crippen LogP contribution in [-0.2, 0) is 11.3 Å². The van der Waals surface area contributed by atoms with Crippen LogP contribution >= 0.6 is 34.7 Å². The van der Waals surface area contributed by atoms with E-state index in [1.807, 2.05) is 54.8 Å². The van der Waals surface area contributed by atoms with Gasteiger partial charge in [-0.2, -0.15) is 0 Å². The van der Waals surface area contributed by atoms with E-state index in [1.165, 1.54) is 23.1 Å². The van der Waals surface area contributed by atoms with Gasteiger partial charge in [0.05, 0.1) is 16.0 Å². The fourth-order valence-corrected chi connectivity index (χ4v) is 4.92. The number of nitrogens with one attached hydrogen (secondary N) is 1. The lowest BCUT2D eigenvalue weighted by atomic mass is 10.2. The smallest absolute Gasteiger partial charge is 0.236 e. The second-order valence-electron chi connectivity index (χ2n) is 7.23. The number of benzene rings is 2. The molecule has 0 spiro atoms. The quantitative estimate of drug-likeness (QED) is 0.228. The minimum absolute atomic E-state index is 0.158. The van der Waals surface area contributed by atoms with Crippen molar-refractivity contribution in [1.29, 1.82) is 0 Å². The molecule has 4 rings (SSSR count). The number of para-hydroxylation sites is 1. The fraction of sp³-hybridized carbons (Fsp3) is 0.217. The van der Waals surface area contributed by atoms with E-state index in [0.29, 0.717) is 33.4 Å². The summed E-state index contributed by atoms with van der Waals surface area (Å²) in [6, 6.07) is 13.3. The van der Waals surface area contributed by atoms with Crippen LogP contribution in [0.15, 0.2) is 60.3 Å². The number of nitrogens with zero attached hydrogens (tertiary/aromatic N) is 4. The van der Waals surface area contributed by atoms with Crippen LogP contribution in [-0.4, -0.2) is 31.4 Å². The Bertz CT molecular complexity index is 1270. The van der Waals surface area contributed by atoms with Gasteiger partial charge in [-0.1, -0.05) is 52.9 Å². The van der Waals surface area contributed by atoms with Gasteiger partial charge in [-0.25, -0.2) is 4.98 Å². The van der Waals surface area contributed by atoms with Crippen molar-refractivity contribution in [2.24, 2.45) is 0 Å². The zero-order chi connectivity index (χ0) is 23.4. The summed E-state index contributed by atoms with van der Waals surface area (Å²) < 4.78 is 8.99. The van der Waals surface area contributed by atoms with Crippen molar-refractivity contribution < 1.29 is 9.53 Å². The molecule has 1 N–H and O–H groups in total. The van der Waals surface area contributed by atoms with E-state index >= 15 is 0 Å². The molecule has 2 aromatic heterocycles. The molecule has 1 atom stereocenters. The lowest BCUT2D eigenvalue weighted by Crippen LogP contribution is -2.15. The van der Waals surface area contributed by atoms with Crippen molar-refractivity contribution >= 4 is 56.0 Å². The maximum absolute atomic E-state index is 12.5. The monoisotopic (exact) mass is 499 g/mol. The van der Waals surface area contributed by atoms with Crippen LogP contribution in [0.2, 0.25) is 5.02 Å². The molecule has 1 unspecified atom stereocenters. The number of thiazole rings is 1. The summed E-state index contributed by atoms with van der Waals surface area (Å²) in [7, 11) is 0. The van der Waals surface area contributed by atoms with Crippen LogP contribution in [0.4, 0.5) is 5.13 Å². The molecule has 0 aliphatic rings. The number of rotatable bonds is 9. The summed E-state index contributed by atoms with van der Waals surface area (Å²) in [5, 5.41) is 13.3. The summed E-state index contributed by atoms with van der Waals surface area (Å²) in [5.41, 5.74) is 1.80. The van der Waals surface area contributed by atoms with E-state index in [-0.39, 0.29) is 17.8 Å². The van der Waals surface area contributed by atoms with Gasteiger partial charge in [-0.15, -0.1) is 16.8 Å². The number of ether oxygens (including phenoxy) is 1. The molecule has 0 fully saturated rings. The fourth-order valence-electron chi connectivity index (χ4n) is 3.17. The van der Waals surface area contributed by atoms with Gasteiger partial charge in [0.2, 0.25) is 5.91 Å². The second-order valence-corrected chi connectivity index (χ2v) is 9.62. The second kappa shape index (κ2) is 10.4. The predicted octanol–water partition coefficient (Wildman–Crippen LogP) is 5.91. The maximum Gasteiger partial charge on any atom is 0.236 e. The molecule has 2 aromatic carbocycles. The van der Waals surface area contributed by atoms with Crippen LogP contribution < -0.4 is 10.1 Å². The molecule has 2 heterocycles. The van der Waals surface area contributed by atoms with Gasteiger partial charge < -0.3 is 10.1 Å². The number of allylic oxidation sites excluding steroid dienone is 1. The van der Waals surface area contributed by atoms with Gasteiger partial charge in [0.25, 0.3) is 0 Å². The third-order valence-electron chi connectivity index (χ3n) is 4.74. The molecule has 7 nitrogen and oxygen atoms in total. The first-order valence-electron chi connectivity index (χ1n) is 10.2. The van der Waals surface area contributed by atoms with E-state index in [0.717, 1.165) is 15.8 Å². The molecule has 0 aliphatic carbocycles. The van der Waals surface area contributed by atoms with E-state index in [9.17, 15) is 4.79 Å². The number of amides is 1. The normalized spacial score (nSPS) is 12.0. The molecule has 10 heteroatoms. The van der Waals surface area contributed by atoms with Crippen LogP contribution in [0.5, 0.6) is 5.75 Å². The van der Waals surface area contributed by atoms with Crippen molar-refractivity contribution in [2.75, 3.05) is 11.1 Å². The number of hydrogen-bond acceptors (Lipinski definition) is 7. The van der Waals surface area contributed by atoms with Gasteiger partial charge in [0.15, 0.2) is 22.2 Å². The summed E-state index contributed by atoms with van der Waals surface area (Å²) in [4.78, 5) is 16.9. The summed E-state index contributed by atoms with van der Waals surface area (Å²) >= 11 is 8.85. The van der Waals surface area contributed by atoms with Gasteiger partial charge >= 0.3 is 0 Å². The molecule has 0 bridgehead atoms. The third kappa shape index (κ3) is 5.55. The molecule has 0 saturated heterocycles. The van der Waals surface area contributed by atoms with Crippen molar-refractivity contribution in [1.82, 2.24) is 19.7 Å². The zero-order valence-electron chi connectivity index (χ0n) is 18.1. The number of thioether (sulfide) groups is 1. The van der Waals surface area contributed by atoms with Crippen molar-refractivity contribution in [3.05, 3.63) is 71.5 Å². The van der Waals surface area contributed by atoms with Crippen molar-refractivity contribution in [3.63, 3.8) is 0 Å². The minimum atomic E-state index is -0.357. The highest BCUT2D eigenvalue weighted by Crippen LogP contribution is 2.28. The number of aromatic nitrogens is 4. The highest BCUT2D eigenvalue weighted by molar-refractivity contribution is 7.99. The largest absolute Gasteiger partial charge is 0.483 e. The predicted molar refractivity (Wildman–Crippen MR) is 134 cm³/mol. The Labute approximate surface area is 204 Å². The molecule has 170 valence electrons. The first kappa shape index (κ1) is 23.3. The Morgan fingerprint density at radius 3 is 2.91 bits per heavy atom. The van der Waals surface area contributed by atoms with Crippen molar-refractivity contribution in [2.45, 2.75) is 31.7 Å². The lowest BCUT2D eigenvalue weighted by Gasteiger charge is -2.16. The molecule has 33 heavy (non-hydrogen) atoms. The number of hydrogen-bond donors (Lipinski definition) is 1. The van der Waals surface area contributed by atoms with Crippen molar-refractivity contribution in [3.8, 4) is 5.75 Å². The van der Waals surface area contributed by atoms with E-state index < -0.39 is 0 Å². The first-order chi connectivity index (χ1) is 15.9. The first-order valence-corrected chi connectivity index (χ1v) is 12.4. The molecule has 0 aliphatic heterocycles. The molecule has 0 saturated carbocycles. The highest BCUT2D eigenvalue weighted by atomic mass is 35.5. The van der Waals surface area contributed by atoms with Crippen LogP contribution in [0, 0.1) is 6.92 Å². The molecule has 0 radical (unpaired) electrons. The Hall–Kier alpha value is -2.88. The zero-order valence-corrected chi connectivity index (χ0v) is 20.5. The number of anilines is 1.